The number of benzene rings is 2. The fourth-order valence-electron chi connectivity index (χ4n) is 2.78. The van der Waals surface area contributed by atoms with Crippen LogP contribution in [0.1, 0.15) is 11.3 Å². The van der Waals surface area contributed by atoms with Crippen LogP contribution in [0.15, 0.2) is 54.6 Å². The van der Waals surface area contributed by atoms with E-state index in [1.54, 1.807) is 0 Å². The fourth-order valence-corrected chi connectivity index (χ4v) is 2.78. The third kappa shape index (κ3) is 3.94. The van der Waals surface area contributed by atoms with Crippen molar-refractivity contribution in [1.29, 1.82) is 0 Å². The molecule has 5 heteroatoms. The van der Waals surface area contributed by atoms with Crippen LogP contribution in [-0.4, -0.2) is 17.0 Å². The number of rotatable bonds is 5. The van der Waals surface area contributed by atoms with E-state index in [1.807, 2.05) is 25.1 Å². The van der Waals surface area contributed by atoms with Crippen LogP contribution in [0.2, 0.25) is 0 Å². The van der Waals surface area contributed by atoms with Crippen molar-refractivity contribution in [2.45, 2.75) is 13.5 Å². The molecule has 0 aliphatic heterocycles. The molecule has 0 radical (unpaired) electrons. The Bertz CT molecular complexity index is 944. The molecular weight excluding hydrogens is 322 g/mol. The van der Waals surface area contributed by atoms with E-state index in [0.717, 1.165) is 23.3 Å². The Morgan fingerprint density at radius 3 is 2.72 bits per heavy atom. The van der Waals surface area contributed by atoms with Gasteiger partial charge in [0.15, 0.2) is 11.6 Å². The zero-order chi connectivity index (χ0) is 17.8. The number of hydrogen-bond donors (Lipinski definition) is 1. The molecule has 0 atom stereocenters. The summed E-state index contributed by atoms with van der Waals surface area (Å²) < 4.78 is 28.1. The molecule has 3 aromatic rings. The topological polar surface area (TPSA) is 34.0 Å². The van der Waals surface area contributed by atoms with Gasteiger partial charge in [-0.05, 0) is 48.2 Å². The van der Waals surface area contributed by atoms with Crippen molar-refractivity contribution in [1.82, 2.24) is 9.88 Å². The minimum absolute atomic E-state index is 0.279. The van der Waals surface area contributed by atoms with Crippen LogP contribution >= 0.6 is 0 Å². The standard InChI is InChI=1S/C20H18F2N2O/c1-14-12-16-4-2-3-5-19(16)24(14)11-10-23-20(25)9-7-15-6-8-17(21)18(22)13-15/h2-9,12-13H,10-11H2,1H3,(H,23,25). The van der Waals surface area contributed by atoms with E-state index in [-0.39, 0.29) is 5.91 Å². The second-order valence-corrected chi connectivity index (χ2v) is 5.79. The second kappa shape index (κ2) is 7.30. The highest BCUT2D eigenvalue weighted by atomic mass is 19.2. The summed E-state index contributed by atoms with van der Waals surface area (Å²) in [6.07, 6.45) is 2.77. The van der Waals surface area contributed by atoms with Crippen LogP contribution in [0.25, 0.3) is 17.0 Å². The molecule has 3 rings (SSSR count). The largest absolute Gasteiger partial charge is 0.351 e. The van der Waals surface area contributed by atoms with E-state index < -0.39 is 11.6 Å². The molecule has 3 nitrogen and oxygen atoms in total. The van der Waals surface area contributed by atoms with Crippen molar-refractivity contribution < 1.29 is 13.6 Å². The van der Waals surface area contributed by atoms with E-state index in [9.17, 15) is 13.6 Å². The van der Waals surface area contributed by atoms with E-state index in [2.05, 4.69) is 22.0 Å². The molecular formula is C20H18F2N2O. The third-order valence-corrected chi connectivity index (χ3v) is 4.02. The van der Waals surface area contributed by atoms with Gasteiger partial charge in [0.25, 0.3) is 0 Å². The zero-order valence-corrected chi connectivity index (χ0v) is 13.8. The third-order valence-electron chi connectivity index (χ3n) is 4.02. The van der Waals surface area contributed by atoms with Crippen LogP contribution in [0.4, 0.5) is 8.78 Å². The minimum Gasteiger partial charge on any atom is -0.351 e. The van der Waals surface area contributed by atoms with Crippen molar-refractivity contribution in [2.24, 2.45) is 0 Å². The SMILES string of the molecule is Cc1cc2ccccc2n1CCNC(=O)C=Cc1ccc(F)c(F)c1. The summed E-state index contributed by atoms with van der Waals surface area (Å²) in [5.74, 6) is -2.12. The number of aromatic nitrogens is 1. The Labute approximate surface area is 144 Å². The maximum atomic E-state index is 13.1. The Kier molecular flexibility index (Phi) is 4.93. The molecule has 0 saturated carbocycles. The van der Waals surface area contributed by atoms with Crippen molar-refractivity contribution >= 4 is 22.9 Å². The number of carbonyl (C=O) groups is 1. The summed E-state index contributed by atoms with van der Waals surface area (Å²) in [6.45, 7) is 3.16. The number of nitrogens with zero attached hydrogens (tertiary/aromatic N) is 1. The van der Waals surface area contributed by atoms with Gasteiger partial charge in [-0.1, -0.05) is 24.3 Å². The highest BCUT2D eigenvalue weighted by molar-refractivity contribution is 5.91. The molecule has 1 aromatic heterocycles. The van der Waals surface area contributed by atoms with Gasteiger partial charge in [0.2, 0.25) is 5.91 Å². The molecule has 1 heterocycles. The van der Waals surface area contributed by atoms with Crippen molar-refractivity contribution in [2.75, 3.05) is 6.54 Å². The van der Waals surface area contributed by atoms with Crippen molar-refractivity contribution in [3.05, 3.63) is 77.5 Å². The first-order valence-electron chi connectivity index (χ1n) is 8.00. The van der Waals surface area contributed by atoms with Gasteiger partial charge >= 0.3 is 0 Å². The summed E-state index contributed by atoms with van der Waals surface area (Å²) in [4.78, 5) is 11.9. The number of nitrogens with one attached hydrogen (secondary N) is 1. The first-order chi connectivity index (χ1) is 12.0. The van der Waals surface area contributed by atoms with Crippen LogP contribution in [-0.2, 0) is 11.3 Å². The molecule has 25 heavy (non-hydrogen) atoms. The van der Waals surface area contributed by atoms with E-state index in [1.165, 1.54) is 23.6 Å². The number of aryl methyl sites for hydroxylation is 1. The van der Waals surface area contributed by atoms with Gasteiger partial charge in [-0.3, -0.25) is 4.79 Å². The Morgan fingerprint density at radius 1 is 1.12 bits per heavy atom. The quantitative estimate of drug-likeness (QED) is 0.698. The van der Waals surface area contributed by atoms with Gasteiger partial charge < -0.3 is 9.88 Å². The lowest BCUT2D eigenvalue weighted by Crippen LogP contribution is -2.25. The first-order valence-corrected chi connectivity index (χ1v) is 8.00. The molecule has 1 amide bonds. The van der Waals surface area contributed by atoms with Gasteiger partial charge in [-0.2, -0.15) is 0 Å². The maximum absolute atomic E-state index is 13.1. The number of halogens is 2. The number of hydrogen-bond acceptors (Lipinski definition) is 1. The van der Waals surface area contributed by atoms with Crippen LogP contribution in [0.3, 0.4) is 0 Å². The van der Waals surface area contributed by atoms with Gasteiger partial charge in [-0.15, -0.1) is 0 Å². The molecule has 0 bridgehead atoms. The minimum atomic E-state index is -0.933. The number of carbonyl (C=O) groups excluding carboxylic acids is 1. The average molecular weight is 340 g/mol. The molecule has 128 valence electrons. The zero-order valence-electron chi connectivity index (χ0n) is 13.8. The number of fused-ring (bicyclic) bond motifs is 1. The Morgan fingerprint density at radius 2 is 1.92 bits per heavy atom. The van der Waals surface area contributed by atoms with Crippen LogP contribution in [0, 0.1) is 18.6 Å². The monoisotopic (exact) mass is 340 g/mol. The van der Waals surface area contributed by atoms with Crippen LogP contribution < -0.4 is 5.32 Å². The molecule has 0 fully saturated rings. The van der Waals surface area contributed by atoms with Gasteiger partial charge in [0.05, 0.1) is 0 Å². The molecule has 1 N–H and O–H groups in total. The summed E-state index contributed by atoms with van der Waals surface area (Å²) in [5, 5.41) is 3.97. The van der Waals surface area contributed by atoms with Crippen LogP contribution in [0.5, 0.6) is 0 Å². The Balaban J connectivity index is 1.58. The highest BCUT2D eigenvalue weighted by Crippen LogP contribution is 2.18. The lowest BCUT2D eigenvalue weighted by atomic mass is 10.2. The van der Waals surface area contributed by atoms with Crippen molar-refractivity contribution in [3.8, 4) is 0 Å². The molecule has 0 spiro atoms. The molecule has 0 aliphatic carbocycles. The number of para-hydroxylation sites is 1. The molecule has 0 unspecified atom stereocenters. The highest BCUT2D eigenvalue weighted by Gasteiger charge is 2.05. The van der Waals surface area contributed by atoms with Gasteiger partial charge in [-0.25, -0.2) is 8.78 Å². The summed E-state index contributed by atoms with van der Waals surface area (Å²) >= 11 is 0. The predicted octanol–water partition coefficient (Wildman–Crippen LogP) is 4.06. The smallest absolute Gasteiger partial charge is 0.244 e. The average Bonchev–Trinajstić information content (AvgIpc) is 2.92. The second-order valence-electron chi connectivity index (χ2n) is 5.79. The van der Waals surface area contributed by atoms with Gasteiger partial charge in [0.1, 0.15) is 0 Å². The van der Waals surface area contributed by atoms with E-state index in [4.69, 9.17) is 0 Å². The molecule has 2 aromatic carbocycles. The summed E-state index contributed by atoms with van der Waals surface area (Å²) in [7, 11) is 0. The Hall–Kier alpha value is -2.95. The van der Waals surface area contributed by atoms with E-state index >= 15 is 0 Å². The lowest BCUT2D eigenvalue weighted by Gasteiger charge is -2.08. The van der Waals surface area contributed by atoms with E-state index in [0.29, 0.717) is 18.7 Å². The fraction of sp³-hybridized carbons (Fsp3) is 0.150. The maximum Gasteiger partial charge on any atom is 0.244 e. The normalized spacial score (nSPS) is 11.3. The summed E-state index contributed by atoms with van der Waals surface area (Å²) in [6, 6.07) is 13.7. The number of amides is 1. The van der Waals surface area contributed by atoms with Gasteiger partial charge in [0, 0.05) is 30.4 Å². The molecule has 0 saturated heterocycles. The molecule has 0 aliphatic rings. The predicted molar refractivity (Wildman–Crippen MR) is 95.1 cm³/mol. The first kappa shape index (κ1) is 16.9. The van der Waals surface area contributed by atoms with Crippen molar-refractivity contribution in [3.63, 3.8) is 0 Å². The lowest BCUT2D eigenvalue weighted by molar-refractivity contribution is -0.116. The summed E-state index contributed by atoms with van der Waals surface area (Å²) in [5.41, 5.74) is 2.70.